The molecule has 3 rings (SSSR count). The summed E-state index contributed by atoms with van der Waals surface area (Å²) >= 11 is 0. The van der Waals surface area contributed by atoms with Crippen LogP contribution in [0.15, 0.2) is 18.3 Å². The number of aryl methyl sites for hydroxylation is 1. The zero-order valence-electron chi connectivity index (χ0n) is 30.4. The second-order valence-corrected chi connectivity index (χ2v) is 15.2. The van der Waals surface area contributed by atoms with Crippen LogP contribution in [0.25, 0.3) is 0 Å². The van der Waals surface area contributed by atoms with Crippen LogP contribution in [0.2, 0.25) is 0 Å². The van der Waals surface area contributed by atoms with Crippen molar-refractivity contribution < 1.29 is 14.3 Å². The first-order valence-corrected chi connectivity index (χ1v) is 18.4. The van der Waals surface area contributed by atoms with Gasteiger partial charge in [0.1, 0.15) is 22.8 Å². The van der Waals surface area contributed by atoms with Crippen molar-refractivity contribution >= 4 is 5.97 Å². The summed E-state index contributed by atoms with van der Waals surface area (Å²) in [5.41, 5.74) is 5.64. The van der Waals surface area contributed by atoms with Gasteiger partial charge in [0.05, 0.1) is 0 Å². The molecule has 0 aliphatic carbocycles. The highest BCUT2D eigenvalue weighted by Crippen LogP contribution is 2.45. The summed E-state index contributed by atoms with van der Waals surface area (Å²) in [6.07, 6.45) is 21.4. The van der Waals surface area contributed by atoms with Crippen LogP contribution in [0.3, 0.4) is 0 Å². The molecule has 0 saturated carbocycles. The molecular formula is C41H65NO3. The topological polar surface area (TPSA) is 48.4 Å². The average molecular weight is 620 g/mol. The zero-order chi connectivity index (χ0) is 33.0. The van der Waals surface area contributed by atoms with E-state index in [1.54, 1.807) is 6.07 Å². The monoisotopic (exact) mass is 619 g/mol. The molecule has 1 aromatic heterocycles. The molecule has 0 N–H and O–H groups in total. The molecule has 1 aliphatic rings. The summed E-state index contributed by atoms with van der Waals surface area (Å²) in [4.78, 5) is 17.6. The van der Waals surface area contributed by atoms with Gasteiger partial charge in [0.15, 0.2) is 0 Å². The van der Waals surface area contributed by atoms with Gasteiger partial charge in [-0.3, -0.25) is 0 Å². The lowest BCUT2D eigenvalue weighted by Crippen LogP contribution is -2.37. The Hall–Kier alpha value is -2.36. The first-order chi connectivity index (χ1) is 21.4. The summed E-state index contributed by atoms with van der Waals surface area (Å²) in [6.45, 7) is 20.3. The molecule has 0 amide bonds. The number of ether oxygens (including phenoxy) is 2. The number of hydrogen-bond donors (Lipinski definition) is 0. The highest BCUT2D eigenvalue weighted by Gasteiger charge is 2.35. The minimum Gasteiger partial charge on any atom is -0.487 e. The van der Waals surface area contributed by atoms with E-state index in [-0.39, 0.29) is 5.60 Å². The highest BCUT2D eigenvalue weighted by molar-refractivity contribution is 5.89. The third kappa shape index (κ3) is 11.4. The van der Waals surface area contributed by atoms with Gasteiger partial charge in [-0.25, -0.2) is 9.78 Å². The van der Waals surface area contributed by atoms with Crippen molar-refractivity contribution in [3.05, 3.63) is 51.8 Å². The van der Waals surface area contributed by atoms with E-state index in [4.69, 9.17) is 9.47 Å². The number of esters is 1. The minimum atomic E-state index is -0.394. The average Bonchev–Trinajstić information content (AvgIpc) is 3.00. The second-order valence-electron chi connectivity index (χ2n) is 15.2. The quantitative estimate of drug-likeness (QED) is 0.0891. The molecule has 1 aromatic carbocycles. The lowest BCUT2D eigenvalue weighted by atomic mass is 9.83. The molecule has 0 bridgehead atoms. The van der Waals surface area contributed by atoms with E-state index in [0.717, 1.165) is 72.3 Å². The standard InChI is InChI=1S/C41H65NO3/c1-10-11-12-13-22-35-23-24-37(42-28-35)40(43)44-38-32(6)33(7)39-36(34(38)8)25-27-41(9,45-39)26-16-21-31(5)20-15-19-30(4)18-14-17-29(2)3/h23-24,28-31H,10-22,25-27H2,1-9H3/t30-,31-,41-/m1/s1. The minimum absolute atomic E-state index is 0.151. The highest BCUT2D eigenvalue weighted by atomic mass is 16.5. The maximum Gasteiger partial charge on any atom is 0.362 e. The molecule has 252 valence electrons. The van der Waals surface area contributed by atoms with Crippen LogP contribution in [0.5, 0.6) is 11.5 Å². The Morgan fingerprint density at radius 1 is 0.867 bits per heavy atom. The van der Waals surface area contributed by atoms with Gasteiger partial charge >= 0.3 is 5.97 Å². The molecule has 1 aliphatic heterocycles. The second kappa shape index (κ2) is 18.1. The third-order valence-electron chi connectivity index (χ3n) is 10.4. The van der Waals surface area contributed by atoms with Gasteiger partial charge in [0.2, 0.25) is 0 Å². The first kappa shape index (κ1) is 37.1. The molecular weight excluding hydrogens is 554 g/mol. The van der Waals surface area contributed by atoms with Crippen molar-refractivity contribution in [1.29, 1.82) is 0 Å². The van der Waals surface area contributed by atoms with E-state index in [1.165, 1.54) is 81.8 Å². The van der Waals surface area contributed by atoms with Crippen molar-refractivity contribution in [2.45, 2.75) is 171 Å². The van der Waals surface area contributed by atoms with Crippen molar-refractivity contribution in [3.63, 3.8) is 0 Å². The van der Waals surface area contributed by atoms with Crippen LogP contribution < -0.4 is 9.47 Å². The van der Waals surface area contributed by atoms with Crippen LogP contribution in [0.1, 0.15) is 170 Å². The molecule has 2 heterocycles. The molecule has 0 fully saturated rings. The van der Waals surface area contributed by atoms with Crippen LogP contribution >= 0.6 is 0 Å². The number of rotatable bonds is 19. The molecule has 0 radical (unpaired) electrons. The predicted octanol–water partition coefficient (Wildman–Crippen LogP) is 11.9. The number of carbonyl (C=O) groups is 1. The summed E-state index contributed by atoms with van der Waals surface area (Å²) in [5.74, 6) is 3.73. The number of unbranched alkanes of at least 4 members (excludes halogenated alkanes) is 3. The molecule has 0 spiro atoms. The predicted molar refractivity (Wildman–Crippen MR) is 190 cm³/mol. The largest absolute Gasteiger partial charge is 0.487 e. The smallest absolute Gasteiger partial charge is 0.362 e. The fourth-order valence-electron chi connectivity index (χ4n) is 7.01. The van der Waals surface area contributed by atoms with Crippen molar-refractivity contribution in [1.82, 2.24) is 4.98 Å². The van der Waals surface area contributed by atoms with E-state index in [0.29, 0.717) is 11.4 Å². The van der Waals surface area contributed by atoms with Crippen molar-refractivity contribution in [2.24, 2.45) is 17.8 Å². The van der Waals surface area contributed by atoms with Gasteiger partial charge in [0, 0.05) is 11.8 Å². The summed E-state index contributed by atoms with van der Waals surface area (Å²) in [6, 6.07) is 3.82. The number of aromatic nitrogens is 1. The third-order valence-corrected chi connectivity index (χ3v) is 10.4. The van der Waals surface area contributed by atoms with Gasteiger partial charge in [-0.1, -0.05) is 105 Å². The van der Waals surface area contributed by atoms with Crippen molar-refractivity contribution in [3.8, 4) is 11.5 Å². The SMILES string of the molecule is CCCCCCc1ccc(C(=O)Oc2c(C)c(C)c3c(c2C)CC[C@@](C)(CCC[C@H](C)CCC[C@H](C)CCCC(C)C)O3)nc1. The van der Waals surface area contributed by atoms with E-state index in [1.807, 2.05) is 19.2 Å². The van der Waals surface area contributed by atoms with Crippen LogP contribution in [0.4, 0.5) is 0 Å². The molecule has 0 saturated heterocycles. The van der Waals surface area contributed by atoms with Crippen molar-refractivity contribution in [2.75, 3.05) is 0 Å². The lowest BCUT2D eigenvalue weighted by Gasteiger charge is -2.38. The van der Waals surface area contributed by atoms with Gasteiger partial charge in [0.25, 0.3) is 0 Å². The molecule has 2 aromatic rings. The fourth-order valence-corrected chi connectivity index (χ4v) is 7.01. The maximum atomic E-state index is 13.1. The first-order valence-electron chi connectivity index (χ1n) is 18.4. The van der Waals surface area contributed by atoms with E-state index >= 15 is 0 Å². The molecule has 45 heavy (non-hydrogen) atoms. The number of carbonyl (C=O) groups excluding carboxylic acids is 1. The van der Waals surface area contributed by atoms with Gasteiger partial charge in [-0.2, -0.15) is 0 Å². The van der Waals surface area contributed by atoms with Gasteiger partial charge in [-0.15, -0.1) is 0 Å². The Labute approximate surface area is 276 Å². The number of nitrogens with zero attached hydrogens (tertiary/aromatic N) is 1. The van der Waals surface area contributed by atoms with Crippen LogP contribution in [-0.4, -0.2) is 16.6 Å². The van der Waals surface area contributed by atoms with Gasteiger partial charge < -0.3 is 9.47 Å². The Balaban J connectivity index is 1.52. The zero-order valence-corrected chi connectivity index (χ0v) is 30.4. The number of fused-ring (bicyclic) bond motifs is 1. The summed E-state index contributed by atoms with van der Waals surface area (Å²) in [5, 5.41) is 0. The number of hydrogen-bond acceptors (Lipinski definition) is 4. The normalized spacial score (nSPS) is 17.6. The van der Waals surface area contributed by atoms with Gasteiger partial charge in [-0.05, 0) is 112 Å². The van der Waals surface area contributed by atoms with Crippen LogP contribution in [-0.2, 0) is 12.8 Å². The number of benzene rings is 1. The summed E-state index contributed by atoms with van der Waals surface area (Å²) in [7, 11) is 0. The molecule has 4 heteroatoms. The van der Waals surface area contributed by atoms with E-state index < -0.39 is 5.97 Å². The molecule has 0 unspecified atom stereocenters. The molecule has 4 nitrogen and oxygen atoms in total. The Kier molecular flexibility index (Phi) is 14.9. The maximum absolute atomic E-state index is 13.1. The summed E-state index contributed by atoms with van der Waals surface area (Å²) < 4.78 is 12.8. The Morgan fingerprint density at radius 2 is 1.53 bits per heavy atom. The van der Waals surface area contributed by atoms with E-state index in [9.17, 15) is 4.79 Å². The Bertz CT molecular complexity index is 1200. The Morgan fingerprint density at radius 3 is 2.16 bits per heavy atom. The van der Waals surface area contributed by atoms with Crippen LogP contribution in [0, 0.1) is 38.5 Å². The van der Waals surface area contributed by atoms with E-state index in [2.05, 4.69) is 60.4 Å². The lowest BCUT2D eigenvalue weighted by molar-refractivity contribution is 0.0508. The fraction of sp³-hybridized carbons (Fsp3) is 0.707. The number of pyridine rings is 1. The molecule has 3 atom stereocenters.